The van der Waals surface area contributed by atoms with Gasteiger partial charge in [-0.2, -0.15) is 0 Å². The number of benzene rings is 1. The molecule has 0 aliphatic heterocycles. The lowest BCUT2D eigenvalue weighted by atomic mass is 10.2. The van der Waals surface area contributed by atoms with Crippen molar-refractivity contribution in [2.75, 3.05) is 19.7 Å². The van der Waals surface area contributed by atoms with Gasteiger partial charge in [0.1, 0.15) is 5.75 Å². The molecule has 0 bridgehead atoms. The van der Waals surface area contributed by atoms with Gasteiger partial charge in [-0.15, -0.1) is 0 Å². The minimum absolute atomic E-state index is 0.0151. The van der Waals surface area contributed by atoms with Crippen LogP contribution in [0.25, 0.3) is 0 Å². The zero-order chi connectivity index (χ0) is 15.1. The number of aliphatic hydroxyl groups is 1. The number of carbonyl (C=O) groups is 1. The summed E-state index contributed by atoms with van der Waals surface area (Å²) in [6.45, 7) is 2.60. The summed E-state index contributed by atoms with van der Waals surface area (Å²) < 4.78 is 30.2. The first-order valence-corrected chi connectivity index (χ1v) is 6.39. The SMILES string of the molecule is CC(C)Oc1ccc(C(=O)N(CCO)CC(F)F)cc1. The Kier molecular flexibility index (Phi) is 6.38. The molecule has 0 heterocycles. The normalized spacial score (nSPS) is 10.9. The molecule has 0 spiro atoms. The lowest BCUT2D eigenvalue weighted by Crippen LogP contribution is -2.37. The minimum atomic E-state index is -2.63. The number of alkyl halides is 2. The van der Waals surface area contributed by atoms with Gasteiger partial charge in [0.15, 0.2) is 0 Å². The van der Waals surface area contributed by atoms with Crippen molar-refractivity contribution in [1.29, 1.82) is 0 Å². The van der Waals surface area contributed by atoms with E-state index in [4.69, 9.17) is 9.84 Å². The largest absolute Gasteiger partial charge is 0.491 e. The average molecular weight is 287 g/mol. The van der Waals surface area contributed by atoms with Gasteiger partial charge < -0.3 is 14.7 Å². The molecule has 1 N–H and O–H groups in total. The number of aliphatic hydroxyl groups excluding tert-OH is 1. The summed E-state index contributed by atoms with van der Waals surface area (Å²) in [7, 11) is 0. The molecule has 1 rings (SSSR count). The summed E-state index contributed by atoms with van der Waals surface area (Å²) in [5, 5.41) is 8.83. The second kappa shape index (κ2) is 7.79. The van der Waals surface area contributed by atoms with Gasteiger partial charge in [0.05, 0.1) is 19.3 Å². The van der Waals surface area contributed by atoms with Crippen LogP contribution in [-0.2, 0) is 0 Å². The molecule has 0 aromatic heterocycles. The number of rotatable bonds is 7. The Labute approximate surface area is 117 Å². The summed E-state index contributed by atoms with van der Waals surface area (Å²) in [5.41, 5.74) is 0.287. The molecule has 6 heteroatoms. The molecule has 20 heavy (non-hydrogen) atoms. The van der Waals surface area contributed by atoms with Gasteiger partial charge in [-0.1, -0.05) is 0 Å². The van der Waals surface area contributed by atoms with Crippen LogP contribution >= 0.6 is 0 Å². The second-order valence-corrected chi connectivity index (χ2v) is 4.56. The van der Waals surface area contributed by atoms with Crippen molar-refractivity contribution in [2.24, 2.45) is 0 Å². The van der Waals surface area contributed by atoms with Crippen molar-refractivity contribution in [2.45, 2.75) is 26.4 Å². The molecule has 0 radical (unpaired) electrons. The first-order valence-electron chi connectivity index (χ1n) is 6.39. The van der Waals surface area contributed by atoms with Crippen LogP contribution in [0.3, 0.4) is 0 Å². The van der Waals surface area contributed by atoms with E-state index in [0.29, 0.717) is 5.75 Å². The Morgan fingerprint density at radius 2 is 1.90 bits per heavy atom. The van der Waals surface area contributed by atoms with Crippen LogP contribution in [0.15, 0.2) is 24.3 Å². The van der Waals surface area contributed by atoms with Gasteiger partial charge in [0.2, 0.25) is 0 Å². The van der Waals surface area contributed by atoms with Crippen LogP contribution in [0.1, 0.15) is 24.2 Å². The lowest BCUT2D eigenvalue weighted by Gasteiger charge is -2.21. The van der Waals surface area contributed by atoms with Crippen molar-refractivity contribution in [3.63, 3.8) is 0 Å². The standard InChI is InChI=1S/C14H19F2NO3/c1-10(2)20-12-5-3-11(4-6-12)14(19)17(7-8-18)9-13(15)16/h3-6,10,13,18H,7-9H2,1-2H3. The third-order valence-corrected chi connectivity index (χ3v) is 2.49. The molecule has 1 aromatic rings. The molecule has 4 nitrogen and oxygen atoms in total. The number of nitrogens with zero attached hydrogens (tertiary/aromatic N) is 1. The zero-order valence-electron chi connectivity index (χ0n) is 11.6. The highest BCUT2D eigenvalue weighted by atomic mass is 19.3. The second-order valence-electron chi connectivity index (χ2n) is 4.56. The van der Waals surface area contributed by atoms with Crippen LogP contribution in [0.2, 0.25) is 0 Å². The van der Waals surface area contributed by atoms with Crippen LogP contribution in [0.5, 0.6) is 5.75 Å². The number of carbonyl (C=O) groups excluding carboxylic acids is 1. The Morgan fingerprint density at radius 1 is 1.30 bits per heavy atom. The maximum Gasteiger partial charge on any atom is 0.255 e. The van der Waals surface area contributed by atoms with Crippen molar-refractivity contribution in [3.05, 3.63) is 29.8 Å². The molecule has 0 atom stereocenters. The topological polar surface area (TPSA) is 49.8 Å². The number of halogens is 2. The average Bonchev–Trinajstić information content (AvgIpc) is 2.37. The lowest BCUT2D eigenvalue weighted by molar-refractivity contribution is 0.0509. The Balaban J connectivity index is 2.78. The van der Waals surface area contributed by atoms with Crippen LogP contribution in [0.4, 0.5) is 8.78 Å². The van der Waals surface area contributed by atoms with E-state index >= 15 is 0 Å². The van der Waals surface area contributed by atoms with Crippen molar-refractivity contribution >= 4 is 5.91 Å². The molecule has 0 saturated heterocycles. The predicted molar refractivity (Wildman–Crippen MR) is 71.2 cm³/mol. The Morgan fingerprint density at radius 3 is 2.35 bits per heavy atom. The van der Waals surface area contributed by atoms with Gasteiger partial charge in [-0.3, -0.25) is 4.79 Å². The van der Waals surface area contributed by atoms with E-state index in [-0.39, 0.29) is 24.8 Å². The summed E-state index contributed by atoms with van der Waals surface area (Å²) >= 11 is 0. The maximum atomic E-state index is 12.4. The fourth-order valence-electron chi connectivity index (χ4n) is 1.69. The van der Waals surface area contributed by atoms with Crippen molar-refractivity contribution in [1.82, 2.24) is 4.90 Å². The zero-order valence-corrected chi connectivity index (χ0v) is 11.6. The fourth-order valence-corrected chi connectivity index (χ4v) is 1.69. The molecule has 0 unspecified atom stereocenters. The Hall–Kier alpha value is -1.69. The van der Waals surface area contributed by atoms with E-state index in [1.165, 1.54) is 12.1 Å². The highest BCUT2D eigenvalue weighted by Gasteiger charge is 2.19. The van der Waals surface area contributed by atoms with Gasteiger partial charge in [-0.05, 0) is 38.1 Å². The predicted octanol–water partition coefficient (Wildman–Crippen LogP) is 2.17. The molecular formula is C14H19F2NO3. The van der Waals surface area contributed by atoms with E-state index in [1.54, 1.807) is 12.1 Å². The van der Waals surface area contributed by atoms with Gasteiger partial charge in [0.25, 0.3) is 12.3 Å². The van der Waals surface area contributed by atoms with Crippen LogP contribution in [-0.4, -0.2) is 48.1 Å². The number of ether oxygens (including phenoxy) is 1. The molecule has 0 aliphatic rings. The van der Waals surface area contributed by atoms with E-state index in [1.807, 2.05) is 13.8 Å². The first kappa shape index (κ1) is 16.4. The number of hydrogen-bond acceptors (Lipinski definition) is 3. The molecular weight excluding hydrogens is 268 g/mol. The molecule has 0 aliphatic carbocycles. The van der Waals surface area contributed by atoms with Crippen molar-refractivity contribution in [3.8, 4) is 5.75 Å². The summed E-state index contributed by atoms with van der Waals surface area (Å²) in [6.07, 6.45) is -2.62. The summed E-state index contributed by atoms with van der Waals surface area (Å²) in [5.74, 6) is 0.0783. The van der Waals surface area contributed by atoms with E-state index in [9.17, 15) is 13.6 Å². The first-order chi connectivity index (χ1) is 9.43. The van der Waals surface area contributed by atoms with Crippen LogP contribution in [0, 0.1) is 0 Å². The molecule has 0 fully saturated rings. The molecule has 1 amide bonds. The highest BCUT2D eigenvalue weighted by molar-refractivity contribution is 5.94. The third-order valence-electron chi connectivity index (χ3n) is 2.49. The van der Waals surface area contributed by atoms with Crippen LogP contribution < -0.4 is 4.74 Å². The highest BCUT2D eigenvalue weighted by Crippen LogP contribution is 2.15. The van der Waals surface area contributed by atoms with E-state index in [2.05, 4.69) is 0 Å². The summed E-state index contributed by atoms with van der Waals surface area (Å²) in [6, 6.07) is 6.28. The number of hydrogen-bond donors (Lipinski definition) is 1. The van der Waals surface area contributed by atoms with E-state index in [0.717, 1.165) is 4.90 Å². The monoisotopic (exact) mass is 287 g/mol. The van der Waals surface area contributed by atoms with Gasteiger partial charge >= 0.3 is 0 Å². The quantitative estimate of drug-likeness (QED) is 0.836. The van der Waals surface area contributed by atoms with E-state index < -0.39 is 18.9 Å². The third kappa shape index (κ3) is 5.13. The Bertz CT molecular complexity index is 421. The molecule has 112 valence electrons. The smallest absolute Gasteiger partial charge is 0.255 e. The van der Waals surface area contributed by atoms with Gasteiger partial charge in [0, 0.05) is 12.1 Å². The fraction of sp³-hybridized carbons (Fsp3) is 0.500. The van der Waals surface area contributed by atoms with Gasteiger partial charge in [-0.25, -0.2) is 8.78 Å². The minimum Gasteiger partial charge on any atom is -0.491 e. The van der Waals surface area contributed by atoms with Crippen molar-refractivity contribution < 1.29 is 23.4 Å². The molecule has 1 aromatic carbocycles. The summed E-state index contributed by atoms with van der Waals surface area (Å²) in [4.78, 5) is 13.0. The number of amides is 1. The molecule has 0 saturated carbocycles. The maximum absolute atomic E-state index is 12.4.